The van der Waals surface area contributed by atoms with E-state index in [1.54, 1.807) is 0 Å². The molecule has 1 rings (SSSR count). The summed E-state index contributed by atoms with van der Waals surface area (Å²) < 4.78 is 0. The quantitative estimate of drug-likeness (QED) is 0.735. The number of aliphatic hydroxyl groups is 1. The average Bonchev–Trinajstić information content (AvgIpc) is 2.17. The van der Waals surface area contributed by atoms with Gasteiger partial charge in [-0.3, -0.25) is 4.90 Å². The van der Waals surface area contributed by atoms with Crippen LogP contribution in [0.1, 0.15) is 33.6 Å². The number of piperidine rings is 1. The first-order valence-corrected chi connectivity index (χ1v) is 6.10. The maximum atomic E-state index is 9.08. The highest BCUT2D eigenvalue weighted by molar-refractivity contribution is 4.80. The Morgan fingerprint density at radius 1 is 1.27 bits per heavy atom. The zero-order chi connectivity index (χ0) is 11.3. The number of rotatable bonds is 4. The summed E-state index contributed by atoms with van der Waals surface area (Å²) in [5.41, 5.74) is 0.174. The fourth-order valence-electron chi connectivity index (χ4n) is 2.20. The largest absolute Gasteiger partial charge is 0.395 e. The SMILES string of the molecule is CC(C)(C)N(CCO)CC1CCNCC1. The highest BCUT2D eigenvalue weighted by Crippen LogP contribution is 2.19. The Labute approximate surface area is 93.9 Å². The molecule has 0 aromatic carbocycles. The van der Waals surface area contributed by atoms with Gasteiger partial charge in [-0.2, -0.15) is 0 Å². The summed E-state index contributed by atoms with van der Waals surface area (Å²) in [6.45, 7) is 11.2. The zero-order valence-electron chi connectivity index (χ0n) is 10.4. The van der Waals surface area contributed by atoms with E-state index in [1.807, 2.05) is 0 Å². The van der Waals surface area contributed by atoms with Crippen molar-refractivity contribution < 1.29 is 5.11 Å². The minimum absolute atomic E-state index is 0.174. The van der Waals surface area contributed by atoms with E-state index in [9.17, 15) is 0 Å². The summed E-state index contributed by atoms with van der Waals surface area (Å²) in [5, 5.41) is 12.5. The summed E-state index contributed by atoms with van der Waals surface area (Å²) in [4.78, 5) is 2.41. The fourth-order valence-corrected chi connectivity index (χ4v) is 2.20. The Hall–Kier alpha value is -0.120. The van der Waals surface area contributed by atoms with Crippen molar-refractivity contribution in [3.05, 3.63) is 0 Å². The van der Waals surface area contributed by atoms with E-state index < -0.39 is 0 Å². The minimum Gasteiger partial charge on any atom is -0.395 e. The Morgan fingerprint density at radius 3 is 2.33 bits per heavy atom. The maximum absolute atomic E-state index is 9.08. The monoisotopic (exact) mass is 214 g/mol. The topological polar surface area (TPSA) is 35.5 Å². The lowest BCUT2D eigenvalue weighted by Crippen LogP contribution is -2.47. The van der Waals surface area contributed by atoms with E-state index in [1.165, 1.54) is 12.8 Å². The highest BCUT2D eigenvalue weighted by Gasteiger charge is 2.24. The van der Waals surface area contributed by atoms with E-state index in [-0.39, 0.29) is 12.1 Å². The number of β-amino-alcohol motifs (C(OH)–C–C–N with tert-alkyl or cyclic N) is 1. The Balaban J connectivity index is 2.42. The molecule has 1 saturated heterocycles. The molecule has 0 unspecified atom stereocenters. The van der Waals surface area contributed by atoms with Crippen LogP contribution in [-0.2, 0) is 0 Å². The summed E-state index contributed by atoms with van der Waals surface area (Å²) in [6, 6.07) is 0. The molecule has 0 radical (unpaired) electrons. The van der Waals surface area contributed by atoms with Crippen molar-refractivity contribution in [2.24, 2.45) is 5.92 Å². The van der Waals surface area contributed by atoms with Gasteiger partial charge < -0.3 is 10.4 Å². The van der Waals surface area contributed by atoms with Crippen LogP contribution in [0.25, 0.3) is 0 Å². The van der Waals surface area contributed by atoms with Crippen LogP contribution in [-0.4, -0.2) is 48.3 Å². The van der Waals surface area contributed by atoms with Gasteiger partial charge in [0.1, 0.15) is 0 Å². The van der Waals surface area contributed by atoms with Gasteiger partial charge in [-0.1, -0.05) is 0 Å². The fraction of sp³-hybridized carbons (Fsp3) is 1.00. The molecule has 0 aliphatic carbocycles. The predicted molar refractivity (Wildman–Crippen MR) is 64.0 cm³/mol. The second kappa shape index (κ2) is 5.83. The Morgan fingerprint density at radius 2 is 1.87 bits per heavy atom. The van der Waals surface area contributed by atoms with Crippen molar-refractivity contribution in [1.82, 2.24) is 10.2 Å². The summed E-state index contributed by atoms with van der Waals surface area (Å²) in [7, 11) is 0. The zero-order valence-corrected chi connectivity index (χ0v) is 10.4. The van der Waals surface area contributed by atoms with Crippen LogP contribution in [0.15, 0.2) is 0 Å². The molecule has 3 nitrogen and oxygen atoms in total. The molecule has 1 aliphatic heterocycles. The lowest BCUT2D eigenvalue weighted by molar-refractivity contribution is 0.0810. The Bertz CT molecular complexity index is 171. The first kappa shape index (κ1) is 12.9. The van der Waals surface area contributed by atoms with Gasteiger partial charge in [0, 0.05) is 18.6 Å². The third kappa shape index (κ3) is 4.49. The normalized spacial score (nSPS) is 19.8. The molecule has 0 aromatic heterocycles. The van der Waals surface area contributed by atoms with Crippen molar-refractivity contribution in [3.63, 3.8) is 0 Å². The number of hydrogen-bond acceptors (Lipinski definition) is 3. The van der Waals surface area contributed by atoms with Crippen molar-refractivity contribution in [1.29, 1.82) is 0 Å². The van der Waals surface area contributed by atoms with Gasteiger partial charge in [-0.05, 0) is 52.6 Å². The molecule has 0 saturated carbocycles. The molecule has 1 aliphatic rings. The smallest absolute Gasteiger partial charge is 0.0558 e. The van der Waals surface area contributed by atoms with Crippen molar-refractivity contribution in [3.8, 4) is 0 Å². The van der Waals surface area contributed by atoms with Gasteiger partial charge in [-0.15, -0.1) is 0 Å². The van der Waals surface area contributed by atoms with Gasteiger partial charge in [0.05, 0.1) is 6.61 Å². The first-order chi connectivity index (χ1) is 7.04. The first-order valence-electron chi connectivity index (χ1n) is 6.10. The van der Waals surface area contributed by atoms with Crippen LogP contribution >= 0.6 is 0 Å². The van der Waals surface area contributed by atoms with E-state index in [2.05, 4.69) is 31.0 Å². The van der Waals surface area contributed by atoms with Gasteiger partial charge in [0.25, 0.3) is 0 Å². The number of aliphatic hydroxyl groups excluding tert-OH is 1. The second-order valence-corrected chi connectivity index (χ2v) is 5.53. The van der Waals surface area contributed by atoms with E-state index in [0.717, 1.165) is 32.1 Å². The molecule has 2 N–H and O–H groups in total. The van der Waals surface area contributed by atoms with E-state index >= 15 is 0 Å². The molecule has 15 heavy (non-hydrogen) atoms. The van der Waals surface area contributed by atoms with Crippen LogP contribution in [0, 0.1) is 5.92 Å². The number of nitrogens with one attached hydrogen (secondary N) is 1. The van der Waals surface area contributed by atoms with Gasteiger partial charge >= 0.3 is 0 Å². The average molecular weight is 214 g/mol. The van der Waals surface area contributed by atoms with Crippen LogP contribution < -0.4 is 5.32 Å². The predicted octanol–water partition coefficient (Wildman–Crippen LogP) is 1.08. The summed E-state index contributed by atoms with van der Waals surface area (Å²) >= 11 is 0. The van der Waals surface area contributed by atoms with Crippen molar-refractivity contribution in [2.75, 3.05) is 32.8 Å². The molecular formula is C12H26N2O. The molecule has 90 valence electrons. The second-order valence-electron chi connectivity index (χ2n) is 5.53. The Kier molecular flexibility index (Phi) is 5.03. The lowest BCUT2D eigenvalue weighted by Gasteiger charge is -2.38. The summed E-state index contributed by atoms with van der Waals surface area (Å²) in [6.07, 6.45) is 2.55. The van der Waals surface area contributed by atoms with Crippen molar-refractivity contribution in [2.45, 2.75) is 39.2 Å². The molecule has 1 fully saturated rings. The molecule has 3 heteroatoms. The molecule has 0 atom stereocenters. The third-order valence-corrected chi connectivity index (χ3v) is 3.26. The van der Waals surface area contributed by atoms with Crippen LogP contribution in [0.4, 0.5) is 0 Å². The minimum atomic E-state index is 0.174. The van der Waals surface area contributed by atoms with Gasteiger partial charge in [0.15, 0.2) is 0 Å². The lowest BCUT2D eigenvalue weighted by atomic mass is 9.95. The van der Waals surface area contributed by atoms with Gasteiger partial charge in [-0.25, -0.2) is 0 Å². The van der Waals surface area contributed by atoms with E-state index in [4.69, 9.17) is 5.11 Å². The molecule has 0 aromatic rings. The highest BCUT2D eigenvalue weighted by atomic mass is 16.3. The molecule has 0 spiro atoms. The third-order valence-electron chi connectivity index (χ3n) is 3.26. The molecule has 0 amide bonds. The van der Waals surface area contributed by atoms with E-state index in [0.29, 0.717) is 0 Å². The molecular weight excluding hydrogens is 188 g/mol. The number of nitrogens with zero attached hydrogens (tertiary/aromatic N) is 1. The standard InChI is InChI=1S/C12H26N2O/c1-12(2,3)14(8-9-15)10-11-4-6-13-7-5-11/h11,13,15H,4-10H2,1-3H3. The van der Waals surface area contributed by atoms with Crippen molar-refractivity contribution >= 4 is 0 Å². The van der Waals surface area contributed by atoms with Crippen LogP contribution in [0.5, 0.6) is 0 Å². The van der Waals surface area contributed by atoms with Gasteiger partial charge in [0.2, 0.25) is 0 Å². The summed E-state index contributed by atoms with van der Waals surface area (Å²) in [5.74, 6) is 0.803. The molecule has 0 bridgehead atoms. The maximum Gasteiger partial charge on any atom is 0.0558 e. The van der Waals surface area contributed by atoms with Crippen LogP contribution in [0.2, 0.25) is 0 Å². The number of hydrogen-bond donors (Lipinski definition) is 2. The molecule has 1 heterocycles. The van der Waals surface area contributed by atoms with Crippen LogP contribution in [0.3, 0.4) is 0 Å².